The second-order valence-corrected chi connectivity index (χ2v) is 10.4. The molecule has 1 aromatic carbocycles. The van der Waals surface area contributed by atoms with E-state index in [1.165, 1.54) is 16.1 Å². The van der Waals surface area contributed by atoms with Crippen molar-refractivity contribution in [3.8, 4) is 10.6 Å². The van der Waals surface area contributed by atoms with E-state index in [1.807, 2.05) is 0 Å². The Kier molecular flexibility index (Phi) is 6.31. The van der Waals surface area contributed by atoms with Gasteiger partial charge in [-0.1, -0.05) is 29.8 Å². The lowest BCUT2D eigenvalue weighted by Crippen LogP contribution is -2.40. The first-order valence-corrected chi connectivity index (χ1v) is 12.5. The molecule has 3 aromatic rings. The first-order chi connectivity index (χ1) is 14.0. The number of rotatable bonds is 6. The number of benzene rings is 1. The van der Waals surface area contributed by atoms with E-state index in [-0.39, 0.29) is 4.90 Å². The number of hydrogen-bond donors (Lipinski definition) is 0. The van der Waals surface area contributed by atoms with Crippen LogP contribution >= 0.6 is 23.1 Å². The van der Waals surface area contributed by atoms with E-state index in [4.69, 9.17) is 9.72 Å². The molecule has 29 heavy (non-hydrogen) atoms. The number of aromatic nitrogens is 2. The Bertz CT molecular complexity index is 1060. The lowest BCUT2D eigenvalue weighted by molar-refractivity contribution is 0.0730. The summed E-state index contributed by atoms with van der Waals surface area (Å²) in [5.74, 6) is 0.685. The first-order valence-electron chi connectivity index (χ1n) is 9.20. The molecule has 0 N–H and O–H groups in total. The van der Waals surface area contributed by atoms with E-state index < -0.39 is 10.0 Å². The van der Waals surface area contributed by atoms with Gasteiger partial charge in [0.1, 0.15) is 9.90 Å². The maximum Gasteiger partial charge on any atom is 0.244 e. The minimum atomic E-state index is -3.51. The Hall–Kier alpha value is -1.78. The Morgan fingerprint density at radius 3 is 2.59 bits per heavy atom. The third kappa shape index (κ3) is 4.87. The summed E-state index contributed by atoms with van der Waals surface area (Å²) in [6.07, 6.45) is 1.44. The van der Waals surface area contributed by atoms with Gasteiger partial charge in [-0.15, -0.1) is 23.1 Å². The van der Waals surface area contributed by atoms with Gasteiger partial charge in [0, 0.05) is 36.0 Å². The van der Waals surface area contributed by atoms with Crippen LogP contribution in [0.4, 0.5) is 0 Å². The quantitative estimate of drug-likeness (QED) is 0.535. The van der Waals surface area contributed by atoms with Crippen molar-refractivity contribution in [3.05, 3.63) is 59.2 Å². The highest BCUT2D eigenvalue weighted by Crippen LogP contribution is 2.28. The molecule has 0 saturated carbocycles. The maximum absolute atomic E-state index is 12.7. The summed E-state index contributed by atoms with van der Waals surface area (Å²) >= 11 is 3.17. The van der Waals surface area contributed by atoms with E-state index >= 15 is 0 Å². The summed E-state index contributed by atoms with van der Waals surface area (Å²) < 4.78 is 32.0. The van der Waals surface area contributed by atoms with Crippen LogP contribution in [-0.2, 0) is 20.5 Å². The number of thiazole rings is 1. The molecule has 0 atom stereocenters. The monoisotopic (exact) mass is 447 g/mol. The summed E-state index contributed by atoms with van der Waals surface area (Å²) in [7, 11) is -3.51. The summed E-state index contributed by atoms with van der Waals surface area (Å²) in [4.78, 5) is 9.25. The van der Waals surface area contributed by atoms with Crippen molar-refractivity contribution in [1.82, 2.24) is 14.3 Å². The normalized spacial score (nSPS) is 15.5. The number of pyridine rings is 1. The highest BCUT2D eigenvalue weighted by molar-refractivity contribution is 7.98. The Balaban J connectivity index is 1.39. The minimum Gasteiger partial charge on any atom is -0.379 e. The van der Waals surface area contributed by atoms with Crippen LogP contribution < -0.4 is 0 Å². The fraction of sp³-hybridized carbons (Fsp3) is 0.300. The van der Waals surface area contributed by atoms with Gasteiger partial charge in [-0.25, -0.2) is 18.4 Å². The average molecular weight is 448 g/mol. The van der Waals surface area contributed by atoms with Crippen LogP contribution in [0.25, 0.3) is 10.6 Å². The number of nitrogens with zero attached hydrogens (tertiary/aromatic N) is 3. The highest BCUT2D eigenvalue weighted by Gasteiger charge is 2.26. The number of thioether (sulfide) groups is 1. The van der Waals surface area contributed by atoms with E-state index in [0.717, 1.165) is 21.3 Å². The molecule has 1 aliphatic heterocycles. The summed E-state index contributed by atoms with van der Waals surface area (Å²) in [6, 6.07) is 11.7. The molecule has 0 bridgehead atoms. The van der Waals surface area contributed by atoms with Crippen LogP contribution in [0.5, 0.6) is 0 Å². The van der Waals surface area contributed by atoms with Gasteiger partial charge in [0.25, 0.3) is 0 Å². The topological polar surface area (TPSA) is 72.4 Å². The van der Waals surface area contributed by atoms with Gasteiger partial charge in [-0.2, -0.15) is 4.31 Å². The smallest absolute Gasteiger partial charge is 0.244 e. The highest BCUT2D eigenvalue weighted by atomic mass is 32.2. The zero-order chi connectivity index (χ0) is 20.3. The maximum atomic E-state index is 12.7. The van der Waals surface area contributed by atoms with Crippen molar-refractivity contribution in [1.29, 1.82) is 0 Å². The zero-order valence-electron chi connectivity index (χ0n) is 15.9. The van der Waals surface area contributed by atoms with Crippen molar-refractivity contribution in [2.24, 2.45) is 0 Å². The molecule has 0 radical (unpaired) electrons. The number of morpholine rings is 1. The molecule has 6 nitrogen and oxygen atoms in total. The van der Waals surface area contributed by atoms with Crippen molar-refractivity contribution in [3.63, 3.8) is 0 Å². The van der Waals surface area contributed by atoms with Crippen LogP contribution in [0.2, 0.25) is 0 Å². The number of sulfonamides is 1. The SMILES string of the molecule is Cc1ccc(-c2nc(CSc3ccc(S(=O)(=O)N4CCOCC4)cn3)cs2)cc1. The molecule has 0 aliphatic carbocycles. The predicted octanol–water partition coefficient (Wildman–Crippen LogP) is 3.83. The molecule has 3 heterocycles. The Morgan fingerprint density at radius 2 is 1.90 bits per heavy atom. The third-order valence-electron chi connectivity index (χ3n) is 4.54. The summed E-state index contributed by atoms with van der Waals surface area (Å²) in [6.45, 7) is 3.69. The molecule has 2 aromatic heterocycles. The van der Waals surface area contributed by atoms with Crippen LogP contribution in [0.1, 0.15) is 11.3 Å². The molecule has 9 heteroatoms. The lowest BCUT2D eigenvalue weighted by atomic mass is 10.2. The molecule has 1 aliphatic rings. The fourth-order valence-corrected chi connectivity index (χ4v) is 5.91. The van der Waals surface area contributed by atoms with E-state index in [2.05, 4.69) is 41.6 Å². The van der Waals surface area contributed by atoms with Gasteiger partial charge in [0.2, 0.25) is 10.0 Å². The van der Waals surface area contributed by atoms with Crippen molar-refractivity contribution in [2.75, 3.05) is 26.3 Å². The van der Waals surface area contributed by atoms with Crippen LogP contribution in [-0.4, -0.2) is 49.0 Å². The third-order valence-corrected chi connectivity index (χ3v) is 8.33. The van der Waals surface area contributed by atoms with Crippen molar-refractivity contribution in [2.45, 2.75) is 22.6 Å². The Morgan fingerprint density at radius 1 is 1.14 bits per heavy atom. The van der Waals surface area contributed by atoms with E-state index in [9.17, 15) is 8.42 Å². The molecule has 152 valence electrons. The minimum absolute atomic E-state index is 0.221. The second-order valence-electron chi connectivity index (χ2n) is 6.65. The number of hydrogen-bond acceptors (Lipinski definition) is 7. The van der Waals surface area contributed by atoms with Crippen molar-refractivity contribution < 1.29 is 13.2 Å². The lowest BCUT2D eigenvalue weighted by Gasteiger charge is -2.25. The number of ether oxygens (including phenoxy) is 1. The summed E-state index contributed by atoms with van der Waals surface area (Å²) in [5.41, 5.74) is 3.33. The van der Waals surface area contributed by atoms with Gasteiger partial charge in [0.05, 0.1) is 23.9 Å². The van der Waals surface area contributed by atoms with Gasteiger partial charge < -0.3 is 4.74 Å². The van der Waals surface area contributed by atoms with E-state index in [1.54, 1.807) is 35.2 Å². The molecule has 0 unspecified atom stereocenters. The molecule has 4 rings (SSSR count). The van der Waals surface area contributed by atoms with Gasteiger partial charge in [-0.05, 0) is 19.1 Å². The van der Waals surface area contributed by atoms with E-state index in [0.29, 0.717) is 32.1 Å². The number of aryl methyl sites for hydroxylation is 1. The molecule has 1 saturated heterocycles. The van der Waals surface area contributed by atoms with Gasteiger partial charge in [-0.3, -0.25) is 0 Å². The molecular formula is C20H21N3O3S3. The molecule has 1 fully saturated rings. The fourth-order valence-electron chi connectivity index (χ4n) is 2.89. The van der Waals surface area contributed by atoms with Crippen LogP contribution in [0, 0.1) is 6.92 Å². The second kappa shape index (κ2) is 8.93. The van der Waals surface area contributed by atoms with Crippen LogP contribution in [0.15, 0.2) is 57.9 Å². The average Bonchev–Trinajstić information content (AvgIpc) is 3.23. The zero-order valence-corrected chi connectivity index (χ0v) is 18.4. The predicted molar refractivity (Wildman–Crippen MR) is 116 cm³/mol. The van der Waals surface area contributed by atoms with Crippen molar-refractivity contribution >= 4 is 33.1 Å². The van der Waals surface area contributed by atoms with Gasteiger partial charge >= 0.3 is 0 Å². The molecule has 0 amide bonds. The van der Waals surface area contributed by atoms with Crippen LogP contribution in [0.3, 0.4) is 0 Å². The standard InChI is InChI=1S/C20H21N3O3S3/c1-15-2-4-16(5-3-15)20-22-17(14-28-20)13-27-19-7-6-18(12-21-19)29(24,25)23-8-10-26-11-9-23/h2-7,12,14H,8-11,13H2,1H3. The first kappa shape index (κ1) is 20.5. The summed E-state index contributed by atoms with van der Waals surface area (Å²) in [5, 5.41) is 3.83. The molecular weight excluding hydrogens is 426 g/mol. The molecule has 0 spiro atoms. The Labute approximate surface area is 179 Å². The largest absolute Gasteiger partial charge is 0.379 e. The van der Waals surface area contributed by atoms with Gasteiger partial charge in [0.15, 0.2) is 0 Å².